The SMILES string of the molecule is CCCCSC/C=C(\F)C(F)(F)C(F)(F)C(F)(F)F. The van der Waals surface area contributed by atoms with E-state index >= 15 is 0 Å². The number of thioether (sulfide) groups is 1. The maximum absolute atomic E-state index is 12.8. The Morgan fingerprint density at radius 1 is 1.05 bits per heavy atom. The molecule has 9 heteroatoms. The van der Waals surface area contributed by atoms with Gasteiger partial charge in [0.25, 0.3) is 0 Å². The van der Waals surface area contributed by atoms with E-state index in [1.165, 1.54) is 0 Å². The summed E-state index contributed by atoms with van der Waals surface area (Å²) in [5.74, 6) is -15.0. The van der Waals surface area contributed by atoms with E-state index in [1.54, 1.807) is 0 Å². The fourth-order valence-electron chi connectivity index (χ4n) is 0.918. The van der Waals surface area contributed by atoms with Crippen LogP contribution in [0.4, 0.5) is 35.1 Å². The Kier molecular flexibility index (Phi) is 6.64. The molecule has 0 saturated heterocycles. The molecule has 0 bridgehead atoms. The zero-order chi connectivity index (χ0) is 15.3. The van der Waals surface area contributed by atoms with Crippen molar-refractivity contribution in [2.45, 2.75) is 37.8 Å². The van der Waals surface area contributed by atoms with Crippen molar-refractivity contribution < 1.29 is 35.1 Å². The topological polar surface area (TPSA) is 0 Å². The summed E-state index contributed by atoms with van der Waals surface area (Å²) >= 11 is 0.965. The minimum absolute atomic E-state index is 0.0555. The quantitative estimate of drug-likeness (QED) is 0.459. The molecule has 0 unspecified atom stereocenters. The Bertz CT molecular complexity index is 307. The van der Waals surface area contributed by atoms with E-state index in [4.69, 9.17) is 0 Å². The molecule has 0 aromatic rings. The minimum Gasteiger partial charge on any atom is -0.205 e. The molecular formula is C10H12F8S. The van der Waals surface area contributed by atoms with Crippen LogP contribution < -0.4 is 0 Å². The molecule has 0 atom stereocenters. The number of alkyl halides is 7. The normalized spacial score (nSPS) is 14.9. The van der Waals surface area contributed by atoms with Crippen LogP contribution >= 0.6 is 11.8 Å². The number of unbranched alkanes of at least 4 members (excludes halogenated alkanes) is 1. The molecule has 0 N–H and O–H groups in total. The van der Waals surface area contributed by atoms with E-state index in [1.807, 2.05) is 6.92 Å². The summed E-state index contributed by atoms with van der Waals surface area (Å²) in [4.78, 5) is 0. The third-order valence-electron chi connectivity index (χ3n) is 2.07. The highest BCUT2D eigenvalue weighted by Crippen LogP contribution is 2.50. The van der Waals surface area contributed by atoms with E-state index in [-0.39, 0.29) is 6.08 Å². The van der Waals surface area contributed by atoms with Gasteiger partial charge in [-0.15, -0.1) is 0 Å². The number of allylic oxidation sites excluding steroid dienone is 1. The lowest BCUT2D eigenvalue weighted by atomic mass is 10.1. The molecule has 0 spiro atoms. The maximum atomic E-state index is 12.8. The van der Waals surface area contributed by atoms with E-state index in [2.05, 4.69) is 0 Å². The Morgan fingerprint density at radius 3 is 2.00 bits per heavy atom. The van der Waals surface area contributed by atoms with Crippen molar-refractivity contribution in [3.8, 4) is 0 Å². The Labute approximate surface area is 109 Å². The van der Waals surface area contributed by atoms with Crippen molar-refractivity contribution in [3.05, 3.63) is 11.9 Å². The average Bonchev–Trinajstić information content (AvgIpc) is 2.26. The second-order valence-electron chi connectivity index (χ2n) is 3.63. The van der Waals surface area contributed by atoms with E-state index in [0.29, 0.717) is 12.2 Å². The molecule has 114 valence electrons. The second-order valence-corrected chi connectivity index (χ2v) is 4.78. The van der Waals surface area contributed by atoms with Gasteiger partial charge in [-0.3, -0.25) is 0 Å². The van der Waals surface area contributed by atoms with Gasteiger partial charge in [0.15, 0.2) is 5.83 Å². The lowest BCUT2D eigenvalue weighted by Gasteiger charge is -2.26. The number of hydrogen-bond acceptors (Lipinski definition) is 1. The molecule has 0 fully saturated rings. The van der Waals surface area contributed by atoms with Gasteiger partial charge in [0.1, 0.15) is 0 Å². The highest BCUT2D eigenvalue weighted by Gasteiger charge is 2.74. The molecule has 0 aliphatic carbocycles. The van der Waals surface area contributed by atoms with Gasteiger partial charge in [0.05, 0.1) is 0 Å². The van der Waals surface area contributed by atoms with Gasteiger partial charge in [-0.05, 0) is 18.2 Å². The molecule has 0 aromatic heterocycles. The third-order valence-corrected chi connectivity index (χ3v) is 3.05. The van der Waals surface area contributed by atoms with Gasteiger partial charge >= 0.3 is 18.0 Å². The lowest BCUT2D eigenvalue weighted by Crippen LogP contribution is -2.52. The van der Waals surface area contributed by atoms with Gasteiger partial charge < -0.3 is 0 Å². The molecule has 0 rings (SSSR count). The Balaban J connectivity index is 4.76. The van der Waals surface area contributed by atoms with Crippen LogP contribution in [0.3, 0.4) is 0 Å². The van der Waals surface area contributed by atoms with Gasteiger partial charge in [0.2, 0.25) is 0 Å². The smallest absolute Gasteiger partial charge is 0.205 e. The summed E-state index contributed by atoms with van der Waals surface area (Å²) in [5, 5.41) is 0. The first-order valence-corrected chi connectivity index (χ1v) is 6.40. The summed E-state index contributed by atoms with van der Waals surface area (Å²) in [6.07, 6.45) is -4.96. The van der Waals surface area contributed by atoms with E-state index < -0.39 is 29.6 Å². The fourth-order valence-corrected chi connectivity index (χ4v) is 1.84. The van der Waals surface area contributed by atoms with Crippen LogP contribution in [-0.2, 0) is 0 Å². The van der Waals surface area contributed by atoms with Crippen LogP contribution in [0.2, 0.25) is 0 Å². The predicted molar refractivity (Wildman–Crippen MR) is 57.4 cm³/mol. The van der Waals surface area contributed by atoms with Crippen LogP contribution in [0.15, 0.2) is 11.9 Å². The van der Waals surface area contributed by atoms with Gasteiger partial charge in [0, 0.05) is 5.75 Å². The molecule has 0 nitrogen and oxygen atoms in total. The largest absolute Gasteiger partial charge is 0.460 e. The van der Waals surface area contributed by atoms with Crippen LogP contribution in [0.25, 0.3) is 0 Å². The van der Waals surface area contributed by atoms with E-state index in [0.717, 1.165) is 18.2 Å². The van der Waals surface area contributed by atoms with Crippen LogP contribution in [0.5, 0.6) is 0 Å². The molecule has 0 aliphatic rings. The molecule has 19 heavy (non-hydrogen) atoms. The Hall–Kier alpha value is -0.470. The van der Waals surface area contributed by atoms with Gasteiger partial charge in [-0.1, -0.05) is 13.3 Å². The van der Waals surface area contributed by atoms with Crippen LogP contribution in [0.1, 0.15) is 19.8 Å². The predicted octanol–water partition coefficient (Wildman–Crippen LogP) is 5.21. The first-order chi connectivity index (χ1) is 8.48. The second kappa shape index (κ2) is 6.81. The van der Waals surface area contributed by atoms with Gasteiger partial charge in [-0.25, -0.2) is 4.39 Å². The number of rotatable bonds is 7. The Morgan fingerprint density at radius 2 is 1.58 bits per heavy atom. The molecule has 0 amide bonds. The summed E-state index contributed by atoms with van der Waals surface area (Å²) < 4.78 is 98.4. The van der Waals surface area contributed by atoms with Crippen molar-refractivity contribution in [2.24, 2.45) is 0 Å². The zero-order valence-electron chi connectivity index (χ0n) is 9.84. The fraction of sp³-hybridized carbons (Fsp3) is 0.800. The molecular weight excluding hydrogens is 304 g/mol. The first kappa shape index (κ1) is 18.5. The van der Waals surface area contributed by atoms with Crippen LogP contribution in [-0.4, -0.2) is 29.5 Å². The maximum Gasteiger partial charge on any atom is 0.460 e. The molecule has 0 saturated carbocycles. The minimum atomic E-state index is -6.52. The van der Waals surface area contributed by atoms with Crippen molar-refractivity contribution in [2.75, 3.05) is 11.5 Å². The monoisotopic (exact) mass is 316 g/mol. The summed E-state index contributed by atoms with van der Waals surface area (Å²) in [7, 11) is 0. The highest BCUT2D eigenvalue weighted by atomic mass is 32.2. The summed E-state index contributed by atoms with van der Waals surface area (Å²) in [6, 6.07) is 0. The summed E-state index contributed by atoms with van der Waals surface area (Å²) in [6.45, 7) is 1.84. The lowest BCUT2D eigenvalue weighted by molar-refractivity contribution is -0.347. The zero-order valence-corrected chi connectivity index (χ0v) is 10.7. The van der Waals surface area contributed by atoms with Crippen LogP contribution in [0, 0.1) is 0 Å². The first-order valence-electron chi connectivity index (χ1n) is 5.24. The molecule has 0 aliphatic heterocycles. The van der Waals surface area contributed by atoms with Crippen molar-refractivity contribution in [3.63, 3.8) is 0 Å². The molecule has 0 heterocycles. The van der Waals surface area contributed by atoms with E-state index in [9.17, 15) is 35.1 Å². The van der Waals surface area contributed by atoms with Crippen molar-refractivity contribution in [1.29, 1.82) is 0 Å². The number of hydrogen-bond donors (Lipinski definition) is 0. The highest BCUT2D eigenvalue weighted by molar-refractivity contribution is 7.99. The van der Waals surface area contributed by atoms with Crippen molar-refractivity contribution in [1.82, 2.24) is 0 Å². The van der Waals surface area contributed by atoms with Gasteiger partial charge in [-0.2, -0.15) is 42.5 Å². The number of halogens is 8. The summed E-state index contributed by atoms with van der Waals surface area (Å²) in [5.41, 5.74) is 0. The average molecular weight is 316 g/mol. The molecule has 0 radical (unpaired) electrons. The van der Waals surface area contributed by atoms with Crippen molar-refractivity contribution >= 4 is 11.8 Å². The third kappa shape index (κ3) is 4.54. The standard InChI is InChI=1S/C10H12F8S/c1-2-3-5-19-6-4-7(11)8(12,13)9(14,15)10(16,17)18/h4H,2-3,5-6H2,1H3/b7-4-. The molecule has 0 aromatic carbocycles.